The minimum Gasteiger partial charge on any atom is -0.488 e. The molecule has 0 bridgehead atoms. The molecule has 0 radical (unpaired) electrons. The highest BCUT2D eigenvalue weighted by atomic mass is 19.1. The van der Waals surface area contributed by atoms with Crippen molar-refractivity contribution in [2.45, 2.75) is 13.0 Å². The first-order valence-electron chi connectivity index (χ1n) is 6.26. The van der Waals surface area contributed by atoms with Gasteiger partial charge >= 0.3 is 0 Å². The minimum absolute atomic E-state index is 0.000865. The first-order valence-corrected chi connectivity index (χ1v) is 6.26. The Balaban J connectivity index is 2.35. The second kappa shape index (κ2) is 8.15. The molecule has 0 fully saturated rings. The molecule has 8 heteroatoms. The van der Waals surface area contributed by atoms with Crippen molar-refractivity contribution in [1.82, 2.24) is 10.6 Å². The predicted octanol–water partition coefficient (Wildman–Crippen LogP) is -0.0768. The van der Waals surface area contributed by atoms with E-state index in [1.54, 1.807) is 6.92 Å². The second-order valence-corrected chi connectivity index (χ2v) is 4.34. The van der Waals surface area contributed by atoms with Crippen LogP contribution in [0.4, 0.5) is 8.78 Å². The van der Waals surface area contributed by atoms with Crippen molar-refractivity contribution < 1.29 is 23.1 Å². The molecular formula is C13H17F2N3O3. The van der Waals surface area contributed by atoms with Gasteiger partial charge in [0.25, 0.3) is 0 Å². The van der Waals surface area contributed by atoms with Gasteiger partial charge in [0.1, 0.15) is 12.4 Å². The number of ether oxygens (including phenoxy) is 1. The summed E-state index contributed by atoms with van der Waals surface area (Å²) in [4.78, 5) is 22.3. The van der Waals surface area contributed by atoms with Crippen LogP contribution in [0.3, 0.4) is 0 Å². The topological polar surface area (TPSA) is 93.5 Å². The van der Waals surface area contributed by atoms with Gasteiger partial charge in [0, 0.05) is 6.07 Å². The van der Waals surface area contributed by atoms with Crippen molar-refractivity contribution >= 4 is 11.8 Å². The zero-order chi connectivity index (χ0) is 15.8. The normalized spacial score (nSPS) is 11.6. The Bertz CT molecular complexity index is 511. The summed E-state index contributed by atoms with van der Waals surface area (Å²) >= 11 is 0. The lowest BCUT2D eigenvalue weighted by Crippen LogP contribution is -2.44. The molecule has 1 rings (SSSR count). The summed E-state index contributed by atoms with van der Waals surface area (Å²) in [5, 5.41) is 4.85. The number of carbonyl (C=O) groups excluding carboxylic acids is 2. The smallest absolute Gasteiger partial charge is 0.239 e. The number of benzene rings is 1. The molecule has 0 aliphatic carbocycles. The zero-order valence-electron chi connectivity index (χ0n) is 11.5. The van der Waals surface area contributed by atoms with E-state index in [4.69, 9.17) is 10.5 Å². The molecule has 0 saturated heterocycles. The molecule has 21 heavy (non-hydrogen) atoms. The summed E-state index contributed by atoms with van der Waals surface area (Å²) in [5.41, 5.74) is 5.07. The Labute approximate surface area is 120 Å². The fourth-order valence-electron chi connectivity index (χ4n) is 1.43. The molecule has 1 atom stereocenters. The van der Waals surface area contributed by atoms with Crippen LogP contribution in [0.15, 0.2) is 18.2 Å². The number of rotatable bonds is 7. The number of hydrogen-bond acceptors (Lipinski definition) is 4. The number of amides is 2. The van der Waals surface area contributed by atoms with Crippen LogP contribution in [-0.4, -0.2) is 37.6 Å². The van der Waals surface area contributed by atoms with Gasteiger partial charge in [-0.15, -0.1) is 0 Å². The standard InChI is InChI=1S/C13H17F2N3O3/c1-8(18-13(20)6-17-12(19)5-16)7-21-11-3-2-9(14)4-10(11)15/h2-4,8H,5-7,16H2,1H3,(H,17,19)(H,18,20). The van der Waals surface area contributed by atoms with Gasteiger partial charge in [-0.25, -0.2) is 8.78 Å². The summed E-state index contributed by atoms with van der Waals surface area (Å²) in [6.45, 7) is 1.24. The van der Waals surface area contributed by atoms with E-state index < -0.39 is 29.5 Å². The maximum atomic E-state index is 13.3. The van der Waals surface area contributed by atoms with E-state index in [0.29, 0.717) is 6.07 Å². The van der Waals surface area contributed by atoms with E-state index in [9.17, 15) is 18.4 Å². The average molecular weight is 301 g/mol. The molecule has 0 aliphatic rings. The van der Waals surface area contributed by atoms with E-state index in [-0.39, 0.29) is 25.4 Å². The van der Waals surface area contributed by atoms with Crippen molar-refractivity contribution in [2.24, 2.45) is 5.73 Å². The number of hydrogen-bond donors (Lipinski definition) is 3. The van der Waals surface area contributed by atoms with Gasteiger partial charge < -0.3 is 21.1 Å². The van der Waals surface area contributed by atoms with Crippen LogP contribution >= 0.6 is 0 Å². The van der Waals surface area contributed by atoms with Crippen LogP contribution in [0.2, 0.25) is 0 Å². The molecule has 0 saturated carbocycles. The van der Waals surface area contributed by atoms with Crippen LogP contribution in [0, 0.1) is 11.6 Å². The van der Waals surface area contributed by atoms with Crippen LogP contribution < -0.4 is 21.1 Å². The molecule has 1 aromatic carbocycles. The zero-order valence-corrected chi connectivity index (χ0v) is 11.5. The van der Waals surface area contributed by atoms with Crippen LogP contribution in [0.1, 0.15) is 6.92 Å². The second-order valence-electron chi connectivity index (χ2n) is 4.34. The molecule has 0 heterocycles. The van der Waals surface area contributed by atoms with Crippen molar-refractivity contribution in [2.75, 3.05) is 19.7 Å². The minimum atomic E-state index is -0.816. The highest BCUT2D eigenvalue weighted by molar-refractivity contribution is 5.85. The molecule has 4 N–H and O–H groups in total. The number of nitrogens with two attached hydrogens (primary N) is 1. The molecule has 2 amide bonds. The molecule has 1 unspecified atom stereocenters. The number of carbonyl (C=O) groups is 2. The largest absolute Gasteiger partial charge is 0.488 e. The van der Waals surface area contributed by atoms with Crippen molar-refractivity contribution in [3.63, 3.8) is 0 Å². The fourth-order valence-corrected chi connectivity index (χ4v) is 1.43. The molecule has 1 aromatic rings. The maximum absolute atomic E-state index is 13.3. The summed E-state index contributed by atoms with van der Waals surface area (Å²) in [7, 11) is 0. The van der Waals surface area contributed by atoms with Gasteiger partial charge in [-0.3, -0.25) is 9.59 Å². The SMILES string of the molecule is CC(COc1ccc(F)cc1F)NC(=O)CNC(=O)CN. The Kier molecular flexibility index (Phi) is 6.54. The quantitative estimate of drug-likeness (QED) is 0.657. The van der Waals surface area contributed by atoms with Crippen molar-refractivity contribution in [3.05, 3.63) is 29.8 Å². The van der Waals surface area contributed by atoms with Crippen molar-refractivity contribution in [1.29, 1.82) is 0 Å². The fraction of sp³-hybridized carbons (Fsp3) is 0.385. The Morgan fingerprint density at radius 1 is 1.33 bits per heavy atom. The van der Waals surface area contributed by atoms with Crippen LogP contribution in [0.25, 0.3) is 0 Å². The third-order valence-corrected chi connectivity index (χ3v) is 2.42. The number of nitrogens with one attached hydrogen (secondary N) is 2. The summed E-state index contributed by atoms with van der Waals surface area (Å²) < 4.78 is 31.1. The van der Waals surface area contributed by atoms with E-state index in [2.05, 4.69) is 10.6 Å². The van der Waals surface area contributed by atoms with Gasteiger partial charge in [-0.1, -0.05) is 0 Å². The molecular weight excluding hydrogens is 284 g/mol. The lowest BCUT2D eigenvalue weighted by molar-refractivity contribution is -0.125. The molecule has 0 spiro atoms. The van der Waals surface area contributed by atoms with Crippen LogP contribution in [0.5, 0.6) is 5.75 Å². The van der Waals surface area contributed by atoms with E-state index in [1.807, 2.05) is 0 Å². The molecule has 116 valence electrons. The summed E-state index contributed by atoms with van der Waals surface area (Å²) in [6.07, 6.45) is 0. The Morgan fingerprint density at radius 3 is 2.67 bits per heavy atom. The molecule has 0 aromatic heterocycles. The lowest BCUT2D eigenvalue weighted by Gasteiger charge is -2.15. The average Bonchev–Trinajstić information content (AvgIpc) is 2.43. The van der Waals surface area contributed by atoms with Gasteiger partial charge in [0.15, 0.2) is 11.6 Å². The first-order chi connectivity index (χ1) is 9.92. The van der Waals surface area contributed by atoms with E-state index in [0.717, 1.165) is 6.07 Å². The Morgan fingerprint density at radius 2 is 2.05 bits per heavy atom. The third kappa shape index (κ3) is 6.17. The van der Waals surface area contributed by atoms with Crippen molar-refractivity contribution in [3.8, 4) is 5.75 Å². The first kappa shape index (κ1) is 16.8. The monoisotopic (exact) mass is 301 g/mol. The summed E-state index contributed by atoms with van der Waals surface area (Å²) in [5.74, 6) is -2.48. The van der Waals surface area contributed by atoms with Gasteiger partial charge in [-0.2, -0.15) is 0 Å². The Hall–Kier alpha value is -2.22. The maximum Gasteiger partial charge on any atom is 0.239 e. The van der Waals surface area contributed by atoms with E-state index in [1.165, 1.54) is 6.07 Å². The predicted molar refractivity (Wildman–Crippen MR) is 71.5 cm³/mol. The van der Waals surface area contributed by atoms with Gasteiger partial charge in [-0.05, 0) is 19.1 Å². The summed E-state index contributed by atoms with van der Waals surface area (Å²) in [6, 6.07) is 2.53. The third-order valence-electron chi connectivity index (χ3n) is 2.42. The molecule has 6 nitrogen and oxygen atoms in total. The van der Waals surface area contributed by atoms with Gasteiger partial charge in [0.05, 0.1) is 19.1 Å². The number of halogens is 2. The molecule has 0 aliphatic heterocycles. The highest BCUT2D eigenvalue weighted by Crippen LogP contribution is 2.17. The highest BCUT2D eigenvalue weighted by Gasteiger charge is 2.11. The van der Waals surface area contributed by atoms with Gasteiger partial charge in [0.2, 0.25) is 11.8 Å². The lowest BCUT2D eigenvalue weighted by atomic mass is 10.3. The van der Waals surface area contributed by atoms with Crippen LogP contribution in [-0.2, 0) is 9.59 Å². The van der Waals surface area contributed by atoms with E-state index >= 15 is 0 Å².